The predicted octanol–water partition coefficient (Wildman–Crippen LogP) is 1.12. The molecule has 0 atom stereocenters. The molecule has 1 aromatic carbocycles. The molecule has 4 N–H and O–H groups in total. The quantitative estimate of drug-likeness (QED) is 0.771. The van der Waals surface area contributed by atoms with Crippen LogP contribution in [-0.4, -0.2) is 16.1 Å². The van der Waals surface area contributed by atoms with Gasteiger partial charge in [0.05, 0.1) is 0 Å². The van der Waals surface area contributed by atoms with Gasteiger partial charge in [-0.05, 0) is 55.5 Å². The van der Waals surface area contributed by atoms with E-state index < -0.39 is 5.69 Å². The lowest BCUT2D eigenvalue weighted by atomic mass is 10.1. The Morgan fingerprint density at radius 2 is 2.00 bits per heavy atom. The SMILES string of the molecule is NCCCn1c(=O)cc(Nc2ccc3c(c2)CCC3)[nH]c1=O. The van der Waals surface area contributed by atoms with Crippen molar-refractivity contribution in [3.8, 4) is 0 Å². The van der Waals surface area contributed by atoms with Gasteiger partial charge in [0, 0.05) is 18.3 Å². The second-order valence-corrected chi connectivity index (χ2v) is 5.58. The van der Waals surface area contributed by atoms with Crippen LogP contribution in [0.15, 0.2) is 33.9 Å². The number of H-pyrrole nitrogens is 1. The molecule has 0 fully saturated rings. The molecule has 0 aliphatic heterocycles. The van der Waals surface area contributed by atoms with Crippen LogP contribution in [0, 0.1) is 0 Å². The lowest BCUT2D eigenvalue weighted by Crippen LogP contribution is -2.35. The maximum atomic E-state index is 12.0. The number of benzene rings is 1. The summed E-state index contributed by atoms with van der Waals surface area (Å²) in [6.45, 7) is 0.783. The summed E-state index contributed by atoms with van der Waals surface area (Å²) < 4.78 is 1.17. The molecule has 116 valence electrons. The van der Waals surface area contributed by atoms with E-state index >= 15 is 0 Å². The number of nitrogens with two attached hydrogens (primary N) is 1. The Balaban J connectivity index is 1.84. The lowest BCUT2D eigenvalue weighted by Gasteiger charge is -2.09. The van der Waals surface area contributed by atoms with Gasteiger partial charge in [-0.15, -0.1) is 0 Å². The van der Waals surface area contributed by atoms with Gasteiger partial charge in [-0.1, -0.05) is 6.07 Å². The fourth-order valence-electron chi connectivity index (χ4n) is 2.85. The fraction of sp³-hybridized carbons (Fsp3) is 0.375. The highest BCUT2D eigenvalue weighted by Crippen LogP contribution is 2.25. The summed E-state index contributed by atoms with van der Waals surface area (Å²) in [5.74, 6) is 0.414. The fourth-order valence-corrected chi connectivity index (χ4v) is 2.85. The largest absolute Gasteiger partial charge is 0.342 e. The summed E-state index contributed by atoms with van der Waals surface area (Å²) in [4.78, 5) is 26.7. The van der Waals surface area contributed by atoms with Crippen molar-refractivity contribution in [2.45, 2.75) is 32.2 Å². The van der Waals surface area contributed by atoms with E-state index in [-0.39, 0.29) is 5.56 Å². The van der Waals surface area contributed by atoms with Gasteiger partial charge >= 0.3 is 5.69 Å². The summed E-state index contributed by atoms with van der Waals surface area (Å²) in [6, 6.07) is 7.57. The molecular weight excluding hydrogens is 280 g/mol. The van der Waals surface area contributed by atoms with Crippen LogP contribution in [-0.2, 0) is 19.4 Å². The molecular formula is C16H20N4O2. The molecule has 6 nitrogen and oxygen atoms in total. The summed E-state index contributed by atoms with van der Waals surface area (Å²) >= 11 is 0. The minimum Gasteiger partial charge on any atom is -0.342 e. The van der Waals surface area contributed by atoms with E-state index in [0.717, 1.165) is 18.5 Å². The highest BCUT2D eigenvalue weighted by Gasteiger charge is 2.11. The third-order valence-corrected chi connectivity index (χ3v) is 3.98. The van der Waals surface area contributed by atoms with Crippen LogP contribution >= 0.6 is 0 Å². The van der Waals surface area contributed by atoms with Gasteiger partial charge < -0.3 is 11.1 Å². The first-order chi connectivity index (χ1) is 10.7. The molecule has 6 heteroatoms. The van der Waals surface area contributed by atoms with Crippen molar-refractivity contribution in [1.82, 2.24) is 9.55 Å². The second-order valence-electron chi connectivity index (χ2n) is 5.58. The Bertz CT molecular complexity index is 760. The minimum atomic E-state index is -0.412. The maximum Gasteiger partial charge on any atom is 0.329 e. The number of hydrogen-bond acceptors (Lipinski definition) is 4. The van der Waals surface area contributed by atoms with Crippen LogP contribution in [0.5, 0.6) is 0 Å². The number of fused-ring (bicyclic) bond motifs is 1. The van der Waals surface area contributed by atoms with Gasteiger partial charge in [0.2, 0.25) is 0 Å². The number of anilines is 2. The Morgan fingerprint density at radius 1 is 1.18 bits per heavy atom. The number of aromatic nitrogens is 2. The van der Waals surface area contributed by atoms with Crippen molar-refractivity contribution in [3.05, 3.63) is 56.2 Å². The molecule has 0 amide bonds. The number of nitrogens with zero attached hydrogens (tertiary/aromatic N) is 1. The average molecular weight is 300 g/mol. The van der Waals surface area contributed by atoms with E-state index in [1.54, 1.807) is 0 Å². The molecule has 0 bridgehead atoms. The second kappa shape index (κ2) is 6.19. The molecule has 22 heavy (non-hydrogen) atoms. The van der Waals surface area contributed by atoms with Crippen LogP contribution in [0.25, 0.3) is 0 Å². The normalized spacial score (nSPS) is 13.1. The third kappa shape index (κ3) is 2.96. The Labute approximate surface area is 128 Å². The molecule has 1 aliphatic rings. The zero-order valence-corrected chi connectivity index (χ0v) is 12.4. The van der Waals surface area contributed by atoms with Gasteiger partial charge in [0.15, 0.2) is 0 Å². The van der Waals surface area contributed by atoms with Crippen molar-refractivity contribution in [2.24, 2.45) is 5.73 Å². The molecule has 1 aliphatic carbocycles. The van der Waals surface area contributed by atoms with Crippen molar-refractivity contribution in [1.29, 1.82) is 0 Å². The standard InChI is InChI=1S/C16H20N4O2/c17-7-2-8-20-15(21)10-14(19-16(20)22)18-13-6-5-11-3-1-4-12(11)9-13/h5-6,9-10,18H,1-4,7-8,17H2,(H,19,22). The average Bonchev–Trinajstić information content (AvgIpc) is 2.94. The van der Waals surface area contributed by atoms with E-state index in [4.69, 9.17) is 5.73 Å². The maximum absolute atomic E-state index is 12.0. The highest BCUT2D eigenvalue weighted by atomic mass is 16.2. The molecule has 0 saturated heterocycles. The van der Waals surface area contributed by atoms with E-state index in [2.05, 4.69) is 22.4 Å². The van der Waals surface area contributed by atoms with Crippen LogP contribution < -0.4 is 22.3 Å². The zero-order chi connectivity index (χ0) is 15.5. The Hall–Kier alpha value is -2.34. The summed E-state index contributed by atoms with van der Waals surface area (Å²) in [5.41, 5.74) is 8.29. The third-order valence-electron chi connectivity index (χ3n) is 3.98. The first-order valence-corrected chi connectivity index (χ1v) is 7.60. The summed E-state index contributed by atoms with van der Waals surface area (Å²) in [7, 11) is 0. The Morgan fingerprint density at radius 3 is 2.77 bits per heavy atom. The summed E-state index contributed by atoms with van der Waals surface area (Å²) in [6.07, 6.45) is 4.00. The highest BCUT2D eigenvalue weighted by molar-refractivity contribution is 5.58. The molecule has 0 unspecified atom stereocenters. The number of rotatable bonds is 5. The molecule has 2 aromatic rings. The summed E-state index contributed by atoms with van der Waals surface area (Å²) in [5, 5.41) is 3.11. The number of aryl methyl sites for hydroxylation is 2. The zero-order valence-electron chi connectivity index (χ0n) is 12.4. The van der Waals surface area contributed by atoms with Crippen LogP contribution in [0.2, 0.25) is 0 Å². The van der Waals surface area contributed by atoms with E-state index in [9.17, 15) is 9.59 Å². The first kappa shape index (κ1) is 14.6. The monoisotopic (exact) mass is 300 g/mol. The van der Waals surface area contributed by atoms with Crippen molar-refractivity contribution < 1.29 is 0 Å². The molecule has 0 spiro atoms. The number of nitrogens with one attached hydrogen (secondary N) is 2. The Kier molecular flexibility index (Phi) is 4.11. The molecule has 1 heterocycles. The van der Waals surface area contributed by atoms with Crippen molar-refractivity contribution in [2.75, 3.05) is 11.9 Å². The van der Waals surface area contributed by atoms with Gasteiger partial charge in [0.1, 0.15) is 5.82 Å². The van der Waals surface area contributed by atoms with Gasteiger partial charge in [0.25, 0.3) is 5.56 Å². The molecule has 1 aromatic heterocycles. The van der Waals surface area contributed by atoms with E-state index in [0.29, 0.717) is 25.3 Å². The van der Waals surface area contributed by atoms with Crippen LogP contribution in [0.1, 0.15) is 24.0 Å². The van der Waals surface area contributed by atoms with Gasteiger partial charge in [-0.2, -0.15) is 0 Å². The molecule has 0 saturated carbocycles. The van der Waals surface area contributed by atoms with Gasteiger partial charge in [-0.25, -0.2) is 4.79 Å². The molecule has 0 radical (unpaired) electrons. The topological polar surface area (TPSA) is 92.9 Å². The predicted molar refractivity (Wildman–Crippen MR) is 86.7 cm³/mol. The van der Waals surface area contributed by atoms with E-state index in [1.165, 1.54) is 28.2 Å². The van der Waals surface area contributed by atoms with Crippen molar-refractivity contribution in [3.63, 3.8) is 0 Å². The number of hydrogen-bond donors (Lipinski definition) is 3. The lowest BCUT2D eigenvalue weighted by molar-refractivity contribution is 0.598. The van der Waals surface area contributed by atoms with Gasteiger partial charge in [-0.3, -0.25) is 14.3 Å². The smallest absolute Gasteiger partial charge is 0.329 e. The molecule has 3 rings (SSSR count). The van der Waals surface area contributed by atoms with Crippen molar-refractivity contribution >= 4 is 11.5 Å². The number of aromatic amines is 1. The minimum absolute atomic E-state index is 0.319. The van der Waals surface area contributed by atoms with Crippen LogP contribution in [0.4, 0.5) is 11.5 Å². The van der Waals surface area contributed by atoms with E-state index in [1.807, 2.05) is 6.07 Å². The first-order valence-electron chi connectivity index (χ1n) is 7.60. The van der Waals surface area contributed by atoms with Crippen LogP contribution in [0.3, 0.4) is 0 Å².